The molecule has 0 radical (unpaired) electrons. The number of hydrogen-bond acceptors (Lipinski definition) is 6. The minimum absolute atomic E-state index is 0.252. The van der Waals surface area contributed by atoms with Gasteiger partial charge in [0.1, 0.15) is 22.2 Å². The molecule has 6 nitrogen and oxygen atoms in total. The number of rotatable bonds is 6. The first-order valence-electron chi connectivity index (χ1n) is 11.0. The number of aliphatic carboxylic acids is 1. The molecule has 0 aliphatic heterocycles. The van der Waals surface area contributed by atoms with Crippen molar-refractivity contribution in [1.82, 2.24) is 9.97 Å². The number of fused-ring (bicyclic) bond motifs is 3. The SMILES string of the molecule is O=C(O)CC1CCC(c2nc(NCc3ccc(O)cc3)c3c(n2)sc2ccccc23)CC1. The van der Waals surface area contributed by atoms with Crippen LogP contribution in [0.5, 0.6) is 5.75 Å². The van der Waals surface area contributed by atoms with Gasteiger partial charge in [-0.2, -0.15) is 0 Å². The molecule has 1 saturated carbocycles. The molecule has 2 aromatic carbocycles. The Bertz CT molecular complexity index is 1260. The molecular weight excluding hydrogens is 422 g/mol. The van der Waals surface area contributed by atoms with E-state index in [1.807, 2.05) is 24.3 Å². The summed E-state index contributed by atoms with van der Waals surface area (Å²) >= 11 is 1.68. The Balaban J connectivity index is 1.47. The van der Waals surface area contributed by atoms with Gasteiger partial charge in [0.2, 0.25) is 0 Å². The second-order valence-corrected chi connectivity index (χ2v) is 9.57. The number of phenolic OH excluding ortho intramolecular Hbond substituents is 1. The van der Waals surface area contributed by atoms with E-state index in [2.05, 4.69) is 17.4 Å². The Morgan fingerprint density at radius 1 is 1.03 bits per heavy atom. The highest BCUT2D eigenvalue weighted by molar-refractivity contribution is 7.25. The number of carbonyl (C=O) groups is 1. The van der Waals surface area contributed by atoms with Crippen molar-refractivity contribution in [3.8, 4) is 5.75 Å². The molecule has 0 atom stereocenters. The van der Waals surface area contributed by atoms with Crippen molar-refractivity contribution in [2.75, 3.05) is 5.32 Å². The number of carboxylic acid groups (broad SMARTS) is 1. The molecule has 0 bridgehead atoms. The van der Waals surface area contributed by atoms with Crippen LogP contribution in [0.2, 0.25) is 0 Å². The Morgan fingerprint density at radius 2 is 1.78 bits per heavy atom. The summed E-state index contributed by atoms with van der Waals surface area (Å²) in [5, 5.41) is 24.4. The lowest BCUT2D eigenvalue weighted by atomic mass is 9.80. The van der Waals surface area contributed by atoms with E-state index >= 15 is 0 Å². The maximum atomic E-state index is 11.1. The summed E-state index contributed by atoms with van der Waals surface area (Å²) < 4.78 is 1.19. The predicted octanol–water partition coefficient (Wildman–Crippen LogP) is 5.91. The van der Waals surface area contributed by atoms with Gasteiger partial charge < -0.3 is 15.5 Å². The molecule has 7 heteroatoms. The standard InChI is InChI=1S/C25H25N3O3S/c29-18-11-7-16(8-12-18)14-26-24-22-19-3-1-2-4-20(19)32-25(22)28-23(27-24)17-9-5-15(6-10-17)13-21(30)31/h1-4,7-8,11-12,15,17,29H,5-6,9-10,13-14H2,(H,30,31)(H,26,27,28). The van der Waals surface area contributed by atoms with Crippen LogP contribution in [0.4, 0.5) is 5.82 Å². The van der Waals surface area contributed by atoms with Gasteiger partial charge in [-0.25, -0.2) is 9.97 Å². The summed E-state index contributed by atoms with van der Waals surface area (Å²) in [5.41, 5.74) is 1.06. The van der Waals surface area contributed by atoms with Crippen LogP contribution < -0.4 is 5.32 Å². The third kappa shape index (κ3) is 4.25. The van der Waals surface area contributed by atoms with E-state index in [0.717, 1.165) is 58.5 Å². The summed E-state index contributed by atoms with van der Waals surface area (Å²) in [5.74, 6) is 1.74. The van der Waals surface area contributed by atoms with Gasteiger partial charge in [-0.1, -0.05) is 30.3 Å². The predicted molar refractivity (Wildman–Crippen MR) is 127 cm³/mol. The van der Waals surface area contributed by atoms with Crippen molar-refractivity contribution in [2.24, 2.45) is 5.92 Å². The van der Waals surface area contributed by atoms with Crippen molar-refractivity contribution in [2.45, 2.75) is 44.6 Å². The van der Waals surface area contributed by atoms with Gasteiger partial charge in [0.05, 0.1) is 5.39 Å². The lowest BCUT2D eigenvalue weighted by Crippen LogP contribution is -2.18. The van der Waals surface area contributed by atoms with Crippen LogP contribution in [-0.4, -0.2) is 26.2 Å². The average Bonchev–Trinajstić information content (AvgIpc) is 3.17. The van der Waals surface area contributed by atoms with Gasteiger partial charge in [-0.05, 0) is 55.4 Å². The zero-order valence-electron chi connectivity index (χ0n) is 17.6. The second kappa shape index (κ2) is 8.74. The van der Waals surface area contributed by atoms with Crippen LogP contribution in [-0.2, 0) is 11.3 Å². The van der Waals surface area contributed by atoms with Crippen LogP contribution in [0.1, 0.15) is 49.4 Å². The molecule has 32 heavy (non-hydrogen) atoms. The summed E-state index contributed by atoms with van der Waals surface area (Å²) in [6, 6.07) is 15.5. The molecule has 0 saturated heterocycles. The molecule has 1 fully saturated rings. The summed E-state index contributed by atoms with van der Waals surface area (Å²) in [6.45, 7) is 0.599. The first-order chi connectivity index (χ1) is 15.6. The number of benzene rings is 2. The minimum Gasteiger partial charge on any atom is -0.508 e. The van der Waals surface area contributed by atoms with E-state index in [-0.39, 0.29) is 24.0 Å². The van der Waals surface area contributed by atoms with Crippen molar-refractivity contribution in [1.29, 1.82) is 0 Å². The summed E-state index contributed by atoms with van der Waals surface area (Å²) in [6.07, 6.45) is 3.90. The van der Waals surface area contributed by atoms with Gasteiger partial charge in [0, 0.05) is 29.0 Å². The molecule has 2 heterocycles. The van der Waals surface area contributed by atoms with E-state index in [0.29, 0.717) is 6.54 Å². The smallest absolute Gasteiger partial charge is 0.303 e. The van der Waals surface area contributed by atoms with Crippen LogP contribution >= 0.6 is 11.3 Å². The Hall–Kier alpha value is -3.19. The fraction of sp³-hybridized carbons (Fsp3) is 0.320. The number of nitrogens with one attached hydrogen (secondary N) is 1. The quantitative estimate of drug-likeness (QED) is 0.340. The Morgan fingerprint density at radius 3 is 2.53 bits per heavy atom. The van der Waals surface area contributed by atoms with Crippen LogP contribution in [0.3, 0.4) is 0 Å². The topological polar surface area (TPSA) is 95.3 Å². The van der Waals surface area contributed by atoms with Gasteiger partial charge in [0.25, 0.3) is 0 Å². The van der Waals surface area contributed by atoms with E-state index < -0.39 is 5.97 Å². The number of anilines is 1. The molecule has 5 rings (SSSR count). The molecule has 3 N–H and O–H groups in total. The minimum atomic E-state index is -0.711. The number of aromatic hydroxyl groups is 1. The number of nitrogens with zero attached hydrogens (tertiary/aromatic N) is 2. The van der Waals surface area contributed by atoms with E-state index in [1.165, 1.54) is 4.70 Å². The van der Waals surface area contributed by atoms with Crippen molar-refractivity contribution < 1.29 is 15.0 Å². The highest BCUT2D eigenvalue weighted by Crippen LogP contribution is 2.40. The van der Waals surface area contributed by atoms with E-state index in [4.69, 9.17) is 15.1 Å². The number of thiophene rings is 1. The summed E-state index contributed by atoms with van der Waals surface area (Å²) in [7, 11) is 0. The second-order valence-electron chi connectivity index (χ2n) is 8.54. The monoisotopic (exact) mass is 447 g/mol. The highest BCUT2D eigenvalue weighted by atomic mass is 32.1. The van der Waals surface area contributed by atoms with Crippen molar-refractivity contribution in [3.05, 3.63) is 59.9 Å². The lowest BCUT2D eigenvalue weighted by Gasteiger charge is -2.27. The molecule has 164 valence electrons. The molecule has 0 spiro atoms. The Kier molecular flexibility index (Phi) is 5.66. The maximum Gasteiger partial charge on any atom is 0.303 e. The third-order valence-corrected chi connectivity index (χ3v) is 7.39. The van der Waals surface area contributed by atoms with E-state index in [9.17, 15) is 9.90 Å². The summed E-state index contributed by atoms with van der Waals surface area (Å²) in [4.78, 5) is 22.0. The van der Waals surface area contributed by atoms with Crippen molar-refractivity contribution in [3.63, 3.8) is 0 Å². The lowest BCUT2D eigenvalue weighted by molar-refractivity contribution is -0.138. The van der Waals surface area contributed by atoms with Gasteiger partial charge >= 0.3 is 5.97 Å². The zero-order valence-corrected chi connectivity index (χ0v) is 18.4. The van der Waals surface area contributed by atoms with Gasteiger partial charge in [-0.15, -0.1) is 11.3 Å². The number of hydrogen-bond donors (Lipinski definition) is 3. The normalized spacial score (nSPS) is 18.8. The first kappa shape index (κ1) is 20.7. The van der Waals surface area contributed by atoms with Crippen LogP contribution in [0.15, 0.2) is 48.5 Å². The van der Waals surface area contributed by atoms with Crippen LogP contribution in [0, 0.1) is 5.92 Å². The largest absolute Gasteiger partial charge is 0.508 e. The first-order valence-corrected chi connectivity index (χ1v) is 11.8. The van der Waals surface area contributed by atoms with Gasteiger partial charge in [-0.3, -0.25) is 4.79 Å². The maximum absolute atomic E-state index is 11.1. The van der Waals surface area contributed by atoms with Crippen LogP contribution in [0.25, 0.3) is 20.3 Å². The fourth-order valence-electron chi connectivity index (χ4n) is 4.62. The van der Waals surface area contributed by atoms with Gasteiger partial charge in [0.15, 0.2) is 0 Å². The number of carboxylic acids is 1. The molecule has 1 aliphatic carbocycles. The molecule has 0 amide bonds. The number of aromatic nitrogens is 2. The molecular formula is C25H25N3O3S. The average molecular weight is 448 g/mol. The third-order valence-electron chi connectivity index (χ3n) is 6.33. The Labute approximate surface area is 190 Å². The molecule has 4 aromatic rings. The molecule has 1 aliphatic rings. The van der Waals surface area contributed by atoms with Crippen molar-refractivity contribution >= 4 is 43.4 Å². The number of phenols is 1. The fourth-order valence-corrected chi connectivity index (χ4v) is 5.70. The van der Waals surface area contributed by atoms with E-state index in [1.54, 1.807) is 23.5 Å². The zero-order chi connectivity index (χ0) is 22.1. The molecule has 2 aromatic heterocycles. The molecule has 0 unspecified atom stereocenters. The highest BCUT2D eigenvalue weighted by Gasteiger charge is 2.27.